The largest absolute Gasteiger partial charge is 0.309 e. The van der Waals surface area contributed by atoms with Crippen molar-refractivity contribution < 1.29 is 4.57 Å². The lowest BCUT2D eigenvalue weighted by Crippen LogP contribution is -2.26. The molecule has 10 rings (SSSR count). The predicted molar refractivity (Wildman–Crippen MR) is 239 cm³/mol. The van der Waals surface area contributed by atoms with Gasteiger partial charge in [-0.3, -0.25) is 0 Å². The summed E-state index contributed by atoms with van der Waals surface area (Å²) in [6.45, 7) is 4.03. The SMILES string of the molecule is C=N/C(=N\C1=C(c2ccccc2)C2(c3ccccc31)c1ccccc1-c1ccccc12)c1ccc(-c2ccc(P(=O)(c3ccccc3)c3ccccc3)cc2)cc1. The Labute approximate surface area is 333 Å². The van der Waals surface area contributed by atoms with Gasteiger partial charge in [0.1, 0.15) is 0 Å². The first-order chi connectivity index (χ1) is 28.1. The molecule has 0 amide bonds. The van der Waals surface area contributed by atoms with Crippen molar-refractivity contribution in [3.63, 3.8) is 0 Å². The first-order valence-corrected chi connectivity index (χ1v) is 20.9. The van der Waals surface area contributed by atoms with Gasteiger partial charge in [0.2, 0.25) is 0 Å². The van der Waals surface area contributed by atoms with Crippen LogP contribution in [-0.2, 0) is 9.98 Å². The molecule has 0 aromatic heterocycles. The standard InChI is InChI=1S/C53H37N2OP/c1-54-52(40-31-29-37(30-32-40)38-33-35-43(36-34-38)57(56,41-19-7-3-8-20-41)42-21-9-4-10-22-42)55-51-46-25-13-16-28-49(46)53(50(51)39-17-5-2-6-18-39)47-26-14-11-23-44(47)45-24-12-15-27-48(45)53/h2-36H,1H2/b55-52-. The van der Waals surface area contributed by atoms with Crippen molar-refractivity contribution >= 4 is 46.9 Å². The molecule has 1 spiro atoms. The number of hydrogen-bond acceptors (Lipinski definition) is 2. The van der Waals surface area contributed by atoms with Gasteiger partial charge in [-0.25, -0.2) is 9.98 Å². The molecule has 0 N–H and O–H groups in total. The minimum absolute atomic E-state index is 0.554. The van der Waals surface area contributed by atoms with Gasteiger partial charge < -0.3 is 4.57 Å². The second-order valence-corrected chi connectivity index (χ2v) is 17.2. The second kappa shape index (κ2) is 14.0. The lowest BCUT2D eigenvalue weighted by molar-refractivity contribution is 0.592. The van der Waals surface area contributed by atoms with Crippen molar-refractivity contribution in [1.29, 1.82) is 0 Å². The minimum atomic E-state index is -3.06. The predicted octanol–water partition coefficient (Wildman–Crippen LogP) is 11.3. The third kappa shape index (κ3) is 5.39. The first kappa shape index (κ1) is 34.6. The Balaban J connectivity index is 1.08. The van der Waals surface area contributed by atoms with E-state index >= 15 is 0 Å². The monoisotopic (exact) mass is 748 g/mol. The van der Waals surface area contributed by atoms with Gasteiger partial charge in [0, 0.05) is 32.6 Å². The Hall–Kier alpha value is -6.93. The summed E-state index contributed by atoms with van der Waals surface area (Å²) in [7, 11) is -3.06. The zero-order valence-corrected chi connectivity index (χ0v) is 32.1. The molecule has 0 radical (unpaired) electrons. The molecule has 8 aromatic rings. The summed E-state index contributed by atoms with van der Waals surface area (Å²) in [6, 6.07) is 73.0. The number of hydrogen-bond donors (Lipinski definition) is 0. The van der Waals surface area contributed by atoms with E-state index in [0.717, 1.165) is 55.0 Å². The van der Waals surface area contributed by atoms with Crippen molar-refractivity contribution in [2.24, 2.45) is 9.98 Å². The summed E-state index contributed by atoms with van der Waals surface area (Å²) in [6.07, 6.45) is 0. The van der Waals surface area contributed by atoms with Crippen molar-refractivity contribution in [1.82, 2.24) is 0 Å². The Morgan fingerprint density at radius 1 is 0.421 bits per heavy atom. The molecule has 8 aromatic carbocycles. The molecule has 0 heterocycles. The summed E-state index contributed by atoms with van der Waals surface area (Å²) in [5.41, 5.74) is 12.8. The van der Waals surface area contributed by atoms with E-state index in [1.54, 1.807) is 0 Å². The highest BCUT2D eigenvalue weighted by molar-refractivity contribution is 7.85. The maximum atomic E-state index is 14.9. The molecule has 0 saturated carbocycles. The van der Waals surface area contributed by atoms with Crippen LogP contribution in [0.2, 0.25) is 0 Å². The maximum absolute atomic E-state index is 14.9. The van der Waals surface area contributed by atoms with Crippen LogP contribution < -0.4 is 15.9 Å². The van der Waals surface area contributed by atoms with Gasteiger partial charge in [0.25, 0.3) is 0 Å². The average Bonchev–Trinajstić information content (AvgIpc) is 3.75. The Morgan fingerprint density at radius 3 is 1.33 bits per heavy atom. The molecule has 4 heteroatoms. The number of amidine groups is 1. The maximum Gasteiger partial charge on any atom is 0.171 e. The van der Waals surface area contributed by atoms with Gasteiger partial charge >= 0.3 is 0 Å². The van der Waals surface area contributed by atoms with Crippen molar-refractivity contribution in [3.8, 4) is 22.3 Å². The molecule has 0 aliphatic heterocycles. The zero-order chi connectivity index (χ0) is 38.4. The van der Waals surface area contributed by atoms with Gasteiger partial charge in [-0.15, -0.1) is 0 Å². The second-order valence-electron chi connectivity index (χ2n) is 14.5. The van der Waals surface area contributed by atoms with E-state index in [9.17, 15) is 4.57 Å². The molecule has 57 heavy (non-hydrogen) atoms. The Bertz CT molecular complexity index is 2830. The third-order valence-corrected chi connectivity index (χ3v) is 14.6. The van der Waals surface area contributed by atoms with Gasteiger partial charge in [0.05, 0.1) is 11.1 Å². The van der Waals surface area contributed by atoms with Crippen LogP contribution in [0.25, 0.3) is 33.5 Å². The molecule has 0 saturated heterocycles. The molecule has 0 atom stereocenters. The summed E-state index contributed by atoms with van der Waals surface area (Å²) < 4.78 is 14.9. The highest BCUT2D eigenvalue weighted by Crippen LogP contribution is 2.64. The highest BCUT2D eigenvalue weighted by Gasteiger charge is 2.53. The molecule has 2 aliphatic carbocycles. The van der Waals surface area contributed by atoms with Crippen LogP contribution in [-0.4, -0.2) is 12.6 Å². The van der Waals surface area contributed by atoms with E-state index in [4.69, 9.17) is 4.99 Å². The number of allylic oxidation sites excluding steroid dienone is 1. The van der Waals surface area contributed by atoms with E-state index in [1.165, 1.54) is 27.8 Å². The smallest absolute Gasteiger partial charge is 0.171 e. The zero-order valence-electron chi connectivity index (χ0n) is 31.2. The minimum Gasteiger partial charge on any atom is -0.309 e. The Morgan fingerprint density at radius 2 is 0.825 bits per heavy atom. The van der Waals surface area contributed by atoms with E-state index in [2.05, 4.69) is 151 Å². The van der Waals surface area contributed by atoms with Gasteiger partial charge in [-0.1, -0.05) is 212 Å². The molecule has 0 fully saturated rings. The van der Waals surface area contributed by atoms with Crippen molar-refractivity contribution in [2.75, 3.05) is 0 Å². The molecule has 0 bridgehead atoms. The molecule has 0 unspecified atom stereocenters. The molecular formula is C53H37N2OP. The molecule has 270 valence electrons. The van der Waals surface area contributed by atoms with Crippen LogP contribution in [0.15, 0.2) is 222 Å². The topological polar surface area (TPSA) is 41.8 Å². The van der Waals surface area contributed by atoms with E-state index in [0.29, 0.717) is 5.84 Å². The molecule has 2 aliphatic rings. The van der Waals surface area contributed by atoms with E-state index in [1.807, 2.05) is 72.8 Å². The van der Waals surface area contributed by atoms with Gasteiger partial charge in [-0.2, -0.15) is 0 Å². The van der Waals surface area contributed by atoms with Crippen LogP contribution in [0.5, 0.6) is 0 Å². The summed E-state index contributed by atoms with van der Waals surface area (Å²) in [5.74, 6) is 0.554. The van der Waals surface area contributed by atoms with E-state index in [-0.39, 0.29) is 0 Å². The quantitative estimate of drug-likeness (QED) is 0.0909. The van der Waals surface area contributed by atoms with Crippen LogP contribution in [0.1, 0.15) is 33.4 Å². The number of fused-ring (bicyclic) bond motifs is 7. The first-order valence-electron chi connectivity index (χ1n) is 19.2. The number of benzene rings is 8. The number of aliphatic imine (C=N–C) groups is 2. The summed E-state index contributed by atoms with van der Waals surface area (Å²) >= 11 is 0. The lowest BCUT2D eigenvalue weighted by atomic mass is 9.68. The number of nitrogens with zero attached hydrogens (tertiary/aromatic N) is 2. The number of rotatable bonds is 7. The fourth-order valence-electron chi connectivity index (χ4n) is 9.03. The van der Waals surface area contributed by atoms with Crippen LogP contribution in [0, 0.1) is 0 Å². The lowest BCUT2D eigenvalue weighted by Gasteiger charge is -2.32. The fourth-order valence-corrected chi connectivity index (χ4v) is 11.7. The molecular weight excluding hydrogens is 712 g/mol. The third-order valence-electron chi connectivity index (χ3n) is 11.5. The van der Waals surface area contributed by atoms with Crippen LogP contribution in [0.4, 0.5) is 0 Å². The average molecular weight is 749 g/mol. The van der Waals surface area contributed by atoms with Crippen molar-refractivity contribution in [3.05, 3.63) is 246 Å². The van der Waals surface area contributed by atoms with Gasteiger partial charge in [0.15, 0.2) is 13.0 Å². The van der Waals surface area contributed by atoms with E-state index < -0.39 is 12.6 Å². The fraction of sp³-hybridized carbons (Fsp3) is 0.0189. The van der Waals surface area contributed by atoms with Crippen LogP contribution in [0.3, 0.4) is 0 Å². The van der Waals surface area contributed by atoms with Gasteiger partial charge in [-0.05, 0) is 51.2 Å². The van der Waals surface area contributed by atoms with Crippen LogP contribution >= 0.6 is 7.14 Å². The summed E-state index contributed by atoms with van der Waals surface area (Å²) in [4.78, 5) is 10.0. The Kier molecular flexibility index (Phi) is 8.47. The normalized spacial score (nSPS) is 13.9. The molecule has 3 nitrogen and oxygen atoms in total. The van der Waals surface area contributed by atoms with Crippen molar-refractivity contribution in [2.45, 2.75) is 5.41 Å². The summed E-state index contributed by atoms with van der Waals surface area (Å²) in [5, 5.41) is 2.44. The highest BCUT2D eigenvalue weighted by atomic mass is 31.2.